The van der Waals surface area contributed by atoms with Crippen molar-refractivity contribution >= 4 is 11.7 Å². The van der Waals surface area contributed by atoms with Crippen LogP contribution in [0.5, 0.6) is 0 Å². The van der Waals surface area contributed by atoms with Crippen molar-refractivity contribution in [2.24, 2.45) is 0 Å². The van der Waals surface area contributed by atoms with Gasteiger partial charge in [0.25, 0.3) is 5.91 Å². The van der Waals surface area contributed by atoms with E-state index in [1.807, 2.05) is 48.5 Å². The van der Waals surface area contributed by atoms with E-state index in [9.17, 15) is 9.59 Å². The van der Waals surface area contributed by atoms with Crippen molar-refractivity contribution in [3.05, 3.63) is 59.7 Å². The molecule has 0 aromatic heterocycles. The molecule has 1 heterocycles. The Bertz CT molecular complexity index is 866. The first-order valence-electron chi connectivity index (χ1n) is 9.86. The number of amides is 1. The van der Waals surface area contributed by atoms with Gasteiger partial charge in [-0.2, -0.15) is 0 Å². The van der Waals surface area contributed by atoms with Gasteiger partial charge in [0.2, 0.25) is 0 Å². The smallest absolute Gasteiger partial charge is 0.251 e. The van der Waals surface area contributed by atoms with Crippen molar-refractivity contribution in [2.45, 2.75) is 64.6 Å². The van der Waals surface area contributed by atoms with Gasteiger partial charge in [-0.15, -0.1) is 0 Å². The van der Waals surface area contributed by atoms with Gasteiger partial charge in [0.05, 0.1) is 0 Å². The van der Waals surface area contributed by atoms with Gasteiger partial charge in [0, 0.05) is 28.2 Å². The van der Waals surface area contributed by atoms with E-state index in [4.69, 9.17) is 0 Å². The zero-order valence-electron chi connectivity index (χ0n) is 17.4. The van der Waals surface area contributed by atoms with Gasteiger partial charge in [0.1, 0.15) is 0 Å². The molecule has 4 heteroatoms. The summed E-state index contributed by atoms with van der Waals surface area (Å²) in [5, 5.41) is 6.84. The molecular formula is C24H30N2O2. The van der Waals surface area contributed by atoms with E-state index in [0.29, 0.717) is 11.1 Å². The summed E-state index contributed by atoms with van der Waals surface area (Å²) in [6.45, 7) is 10.3. The van der Waals surface area contributed by atoms with Crippen LogP contribution < -0.4 is 10.6 Å². The van der Waals surface area contributed by atoms with Crippen LogP contribution in [0.15, 0.2) is 48.5 Å². The summed E-state index contributed by atoms with van der Waals surface area (Å²) >= 11 is 0. The molecule has 0 unspecified atom stereocenters. The van der Waals surface area contributed by atoms with Gasteiger partial charge in [-0.25, -0.2) is 0 Å². The summed E-state index contributed by atoms with van der Waals surface area (Å²) < 4.78 is 0. The quantitative estimate of drug-likeness (QED) is 0.765. The van der Waals surface area contributed by atoms with E-state index in [-0.39, 0.29) is 28.8 Å². The molecule has 0 atom stereocenters. The highest BCUT2D eigenvalue weighted by molar-refractivity contribution is 5.96. The molecule has 1 aliphatic rings. The van der Waals surface area contributed by atoms with Crippen LogP contribution in [0.4, 0.5) is 0 Å². The van der Waals surface area contributed by atoms with E-state index in [2.05, 4.69) is 38.3 Å². The van der Waals surface area contributed by atoms with Crippen LogP contribution in [0.2, 0.25) is 0 Å². The molecule has 1 saturated heterocycles. The minimum Gasteiger partial charge on any atom is -0.349 e. The molecule has 3 rings (SSSR count). The summed E-state index contributed by atoms with van der Waals surface area (Å²) in [5.41, 5.74) is 3.29. The predicted molar refractivity (Wildman–Crippen MR) is 114 cm³/mol. The molecule has 28 heavy (non-hydrogen) atoms. The number of Topliss-reactive ketones (excluding diaryl/α,β-unsaturated/α-hetero) is 1. The maximum Gasteiger partial charge on any atom is 0.251 e. The number of piperidine rings is 1. The Morgan fingerprint density at radius 3 is 2.07 bits per heavy atom. The molecular weight excluding hydrogens is 348 g/mol. The molecule has 2 aromatic carbocycles. The van der Waals surface area contributed by atoms with E-state index >= 15 is 0 Å². The number of hydrogen-bond acceptors (Lipinski definition) is 3. The Kier molecular flexibility index (Phi) is 5.44. The second kappa shape index (κ2) is 7.51. The van der Waals surface area contributed by atoms with E-state index < -0.39 is 0 Å². The van der Waals surface area contributed by atoms with E-state index in [1.54, 1.807) is 6.92 Å². The number of carbonyl (C=O) groups is 2. The van der Waals surface area contributed by atoms with Crippen LogP contribution in [0, 0.1) is 0 Å². The zero-order chi connectivity index (χ0) is 20.5. The number of carbonyl (C=O) groups excluding carboxylic acids is 2. The Morgan fingerprint density at radius 2 is 1.50 bits per heavy atom. The van der Waals surface area contributed by atoms with Crippen LogP contribution in [-0.4, -0.2) is 28.8 Å². The molecule has 0 bridgehead atoms. The molecule has 0 saturated carbocycles. The summed E-state index contributed by atoms with van der Waals surface area (Å²) in [6, 6.07) is 15.3. The van der Waals surface area contributed by atoms with Gasteiger partial charge in [-0.05, 0) is 76.8 Å². The first-order chi connectivity index (χ1) is 13.0. The first kappa shape index (κ1) is 20.3. The number of rotatable bonds is 4. The van der Waals surface area contributed by atoms with Gasteiger partial charge < -0.3 is 10.6 Å². The number of ketones is 1. The lowest BCUT2D eigenvalue weighted by atomic mass is 9.79. The van der Waals surface area contributed by atoms with Gasteiger partial charge in [-0.1, -0.05) is 30.3 Å². The van der Waals surface area contributed by atoms with Crippen molar-refractivity contribution in [3.8, 4) is 11.1 Å². The fourth-order valence-corrected chi connectivity index (χ4v) is 4.42. The van der Waals surface area contributed by atoms with Crippen molar-refractivity contribution in [3.63, 3.8) is 0 Å². The van der Waals surface area contributed by atoms with E-state index in [0.717, 1.165) is 24.0 Å². The lowest BCUT2D eigenvalue weighted by molar-refractivity contribution is 0.0872. The van der Waals surface area contributed by atoms with Crippen LogP contribution in [0.25, 0.3) is 11.1 Å². The summed E-state index contributed by atoms with van der Waals surface area (Å²) in [7, 11) is 0. The molecule has 0 aliphatic carbocycles. The van der Waals surface area contributed by atoms with Crippen LogP contribution in [-0.2, 0) is 0 Å². The van der Waals surface area contributed by atoms with Crippen molar-refractivity contribution in [2.75, 3.05) is 0 Å². The highest BCUT2D eigenvalue weighted by atomic mass is 16.1. The second-order valence-corrected chi connectivity index (χ2v) is 9.19. The van der Waals surface area contributed by atoms with Crippen LogP contribution in [0.3, 0.4) is 0 Å². The standard InChI is InChI=1S/C24H30N2O2/c1-16(27)19-7-6-8-20(13-19)17-9-11-18(12-10-17)22(28)25-21-14-23(2,3)26-24(4,5)15-21/h6-13,21,26H,14-15H2,1-5H3,(H,25,28). The highest BCUT2D eigenvalue weighted by Crippen LogP contribution is 2.29. The monoisotopic (exact) mass is 378 g/mol. The number of nitrogens with one attached hydrogen (secondary N) is 2. The molecule has 4 nitrogen and oxygen atoms in total. The molecule has 2 N–H and O–H groups in total. The van der Waals surface area contributed by atoms with Crippen molar-refractivity contribution < 1.29 is 9.59 Å². The largest absolute Gasteiger partial charge is 0.349 e. The maximum absolute atomic E-state index is 12.8. The highest BCUT2D eigenvalue weighted by Gasteiger charge is 2.38. The zero-order valence-corrected chi connectivity index (χ0v) is 17.4. The number of hydrogen-bond donors (Lipinski definition) is 2. The van der Waals surface area contributed by atoms with Gasteiger partial charge in [-0.3, -0.25) is 9.59 Å². The second-order valence-electron chi connectivity index (χ2n) is 9.19. The Balaban J connectivity index is 1.72. The van der Waals surface area contributed by atoms with Crippen LogP contribution >= 0.6 is 0 Å². The molecule has 1 aliphatic heterocycles. The minimum atomic E-state index is -0.0393. The molecule has 2 aromatic rings. The van der Waals surface area contributed by atoms with Crippen molar-refractivity contribution in [1.82, 2.24) is 10.6 Å². The molecule has 0 radical (unpaired) electrons. The maximum atomic E-state index is 12.8. The molecule has 1 amide bonds. The summed E-state index contributed by atoms with van der Waals surface area (Å²) in [4.78, 5) is 24.3. The third-order valence-corrected chi connectivity index (χ3v) is 5.27. The topological polar surface area (TPSA) is 58.2 Å². The summed E-state index contributed by atoms with van der Waals surface area (Å²) in [5.74, 6) is 0.00760. The summed E-state index contributed by atoms with van der Waals surface area (Å²) in [6.07, 6.45) is 1.80. The fraction of sp³-hybridized carbons (Fsp3) is 0.417. The fourth-order valence-electron chi connectivity index (χ4n) is 4.42. The lowest BCUT2D eigenvalue weighted by Crippen LogP contribution is -2.62. The van der Waals surface area contributed by atoms with Gasteiger partial charge >= 0.3 is 0 Å². The lowest BCUT2D eigenvalue weighted by Gasteiger charge is -2.46. The van der Waals surface area contributed by atoms with E-state index in [1.165, 1.54) is 0 Å². The normalized spacial score (nSPS) is 18.5. The third-order valence-electron chi connectivity index (χ3n) is 5.27. The number of benzene rings is 2. The van der Waals surface area contributed by atoms with Crippen molar-refractivity contribution in [1.29, 1.82) is 0 Å². The third kappa shape index (κ3) is 4.87. The van der Waals surface area contributed by atoms with Gasteiger partial charge in [0.15, 0.2) is 5.78 Å². The van der Waals surface area contributed by atoms with Crippen LogP contribution in [0.1, 0.15) is 68.2 Å². The average molecular weight is 379 g/mol. The molecule has 148 valence electrons. The average Bonchev–Trinajstić information content (AvgIpc) is 2.59. The Labute approximate surface area is 167 Å². The SMILES string of the molecule is CC(=O)c1cccc(-c2ccc(C(=O)NC3CC(C)(C)NC(C)(C)C3)cc2)c1. The Hall–Kier alpha value is -2.46. The molecule has 0 spiro atoms. The minimum absolute atomic E-state index is 0.00865. The Morgan fingerprint density at radius 1 is 0.893 bits per heavy atom. The predicted octanol–water partition coefficient (Wildman–Crippen LogP) is 4.60. The molecule has 1 fully saturated rings. The first-order valence-corrected chi connectivity index (χ1v) is 9.86.